The first-order valence-corrected chi connectivity index (χ1v) is 7.67. The molecule has 0 bridgehead atoms. The molecule has 1 aromatic carbocycles. The predicted octanol–water partition coefficient (Wildman–Crippen LogP) is 1.82. The summed E-state index contributed by atoms with van der Waals surface area (Å²) in [7, 11) is 1.42. The van der Waals surface area contributed by atoms with Crippen molar-refractivity contribution in [2.75, 3.05) is 33.3 Å². The zero-order valence-electron chi connectivity index (χ0n) is 12.5. The summed E-state index contributed by atoms with van der Waals surface area (Å²) in [5, 5.41) is 7.87. The number of nitrogens with zero attached hydrogens (tertiary/aromatic N) is 2. The van der Waals surface area contributed by atoms with E-state index in [0.29, 0.717) is 5.92 Å². The van der Waals surface area contributed by atoms with E-state index in [2.05, 4.69) is 39.6 Å². The van der Waals surface area contributed by atoms with Gasteiger partial charge >= 0.3 is 6.09 Å². The number of amides is 1. The lowest BCUT2D eigenvalue weighted by molar-refractivity contribution is -0.0919. The SMILES string of the molecule is COC(=O)NC1CCN(N2CCC2)CC1c1ccccc1. The second-order valence-electron chi connectivity index (χ2n) is 5.77. The highest BCUT2D eigenvalue weighted by molar-refractivity contribution is 5.67. The minimum Gasteiger partial charge on any atom is -0.453 e. The largest absolute Gasteiger partial charge is 0.453 e. The molecule has 0 aliphatic carbocycles. The highest BCUT2D eigenvalue weighted by atomic mass is 16.5. The van der Waals surface area contributed by atoms with Crippen LogP contribution in [0.2, 0.25) is 0 Å². The molecule has 2 unspecified atom stereocenters. The zero-order valence-corrected chi connectivity index (χ0v) is 12.5. The second-order valence-corrected chi connectivity index (χ2v) is 5.77. The van der Waals surface area contributed by atoms with E-state index in [4.69, 9.17) is 4.74 Å². The summed E-state index contributed by atoms with van der Waals surface area (Å²) in [6.45, 7) is 4.28. The van der Waals surface area contributed by atoms with E-state index in [1.807, 2.05) is 6.07 Å². The molecule has 2 atom stereocenters. The lowest BCUT2D eigenvalue weighted by Gasteiger charge is -2.47. The molecule has 0 saturated carbocycles. The molecule has 0 aromatic heterocycles. The number of nitrogens with one attached hydrogen (secondary N) is 1. The van der Waals surface area contributed by atoms with Crippen molar-refractivity contribution in [1.29, 1.82) is 0 Å². The van der Waals surface area contributed by atoms with Crippen molar-refractivity contribution in [3.63, 3.8) is 0 Å². The Morgan fingerprint density at radius 2 is 1.95 bits per heavy atom. The van der Waals surface area contributed by atoms with Crippen LogP contribution in [0.5, 0.6) is 0 Å². The molecular formula is C16H23N3O2. The summed E-state index contributed by atoms with van der Waals surface area (Å²) in [4.78, 5) is 11.6. The quantitative estimate of drug-likeness (QED) is 0.922. The molecule has 2 aliphatic rings. The zero-order chi connectivity index (χ0) is 14.7. The van der Waals surface area contributed by atoms with Crippen LogP contribution >= 0.6 is 0 Å². The van der Waals surface area contributed by atoms with Crippen molar-refractivity contribution in [1.82, 2.24) is 15.3 Å². The smallest absolute Gasteiger partial charge is 0.407 e. The molecule has 114 valence electrons. The minimum absolute atomic E-state index is 0.136. The van der Waals surface area contributed by atoms with Gasteiger partial charge in [0.05, 0.1) is 7.11 Å². The number of carbonyl (C=O) groups excluding carboxylic acids is 1. The molecule has 0 spiro atoms. The topological polar surface area (TPSA) is 44.8 Å². The standard InChI is InChI=1S/C16H23N3O2/c1-21-16(20)17-15-8-11-19(18-9-5-10-18)12-14(15)13-6-3-2-4-7-13/h2-4,6-7,14-15H,5,8-12H2,1H3,(H,17,20). The van der Waals surface area contributed by atoms with Gasteiger partial charge in [0.2, 0.25) is 0 Å². The highest BCUT2D eigenvalue weighted by Gasteiger charge is 2.35. The molecule has 1 aromatic rings. The van der Waals surface area contributed by atoms with Crippen molar-refractivity contribution in [3.05, 3.63) is 35.9 Å². The van der Waals surface area contributed by atoms with Crippen LogP contribution in [0, 0.1) is 0 Å². The van der Waals surface area contributed by atoms with Crippen LogP contribution in [-0.2, 0) is 4.74 Å². The van der Waals surface area contributed by atoms with E-state index in [0.717, 1.165) is 32.6 Å². The number of alkyl carbamates (subject to hydrolysis) is 1. The molecule has 2 aliphatic heterocycles. The number of piperidine rings is 1. The van der Waals surface area contributed by atoms with Gasteiger partial charge < -0.3 is 10.1 Å². The first-order chi connectivity index (χ1) is 10.3. The van der Waals surface area contributed by atoms with Gasteiger partial charge in [0.25, 0.3) is 0 Å². The maximum absolute atomic E-state index is 11.6. The van der Waals surface area contributed by atoms with E-state index in [-0.39, 0.29) is 12.1 Å². The second kappa shape index (κ2) is 6.45. The van der Waals surface area contributed by atoms with Crippen molar-refractivity contribution < 1.29 is 9.53 Å². The van der Waals surface area contributed by atoms with Crippen LogP contribution in [-0.4, -0.2) is 55.4 Å². The molecule has 0 radical (unpaired) electrons. The Morgan fingerprint density at radius 3 is 2.57 bits per heavy atom. The van der Waals surface area contributed by atoms with Crippen molar-refractivity contribution in [2.45, 2.75) is 24.8 Å². The van der Waals surface area contributed by atoms with Gasteiger partial charge in [-0.25, -0.2) is 14.8 Å². The number of benzene rings is 1. The molecule has 3 rings (SSSR count). The van der Waals surface area contributed by atoms with Gasteiger partial charge in [-0.1, -0.05) is 30.3 Å². The number of hydrogen-bond acceptors (Lipinski definition) is 4. The Bertz CT molecular complexity index is 476. The average Bonchev–Trinajstić information content (AvgIpc) is 2.47. The van der Waals surface area contributed by atoms with Gasteiger partial charge in [0.1, 0.15) is 0 Å². The van der Waals surface area contributed by atoms with Crippen molar-refractivity contribution >= 4 is 6.09 Å². The molecule has 21 heavy (non-hydrogen) atoms. The van der Waals surface area contributed by atoms with Crippen LogP contribution in [0.15, 0.2) is 30.3 Å². The summed E-state index contributed by atoms with van der Waals surface area (Å²) >= 11 is 0. The first kappa shape index (κ1) is 14.4. The van der Waals surface area contributed by atoms with E-state index in [1.54, 1.807) is 0 Å². The summed E-state index contributed by atoms with van der Waals surface area (Å²) < 4.78 is 4.77. The third kappa shape index (κ3) is 3.19. The number of ether oxygens (including phenoxy) is 1. The maximum Gasteiger partial charge on any atom is 0.407 e. The van der Waals surface area contributed by atoms with Crippen LogP contribution in [0.3, 0.4) is 0 Å². The number of methoxy groups -OCH3 is 1. The summed E-state index contributed by atoms with van der Waals surface area (Å²) in [5.74, 6) is 0.305. The molecular weight excluding hydrogens is 266 g/mol. The fraction of sp³-hybridized carbons (Fsp3) is 0.562. The van der Waals surface area contributed by atoms with Crippen molar-refractivity contribution in [2.24, 2.45) is 0 Å². The fourth-order valence-electron chi connectivity index (χ4n) is 3.20. The van der Waals surface area contributed by atoms with Gasteiger partial charge in [-0.05, 0) is 18.4 Å². The highest BCUT2D eigenvalue weighted by Crippen LogP contribution is 2.29. The molecule has 5 nitrogen and oxygen atoms in total. The minimum atomic E-state index is -0.335. The Hall–Kier alpha value is -1.59. The van der Waals surface area contributed by atoms with Gasteiger partial charge in [-0.15, -0.1) is 0 Å². The van der Waals surface area contributed by atoms with Crippen LogP contribution in [0.1, 0.15) is 24.3 Å². The molecule has 1 amide bonds. The fourth-order valence-corrected chi connectivity index (χ4v) is 3.20. The van der Waals surface area contributed by atoms with E-state index in [1.165, 1.54) is 19.1 Å². The molecule has 2 heterocycles. The van der Waals surface area contributed by atoms with Crippen LogP contribution < -0.4 is 5.32 Å². The Kier molecular flexibility index (Phi) is 4.41. The predicted molar refractivity (Wildman–Crippen MR) is 80.9 cm³/mol. The van der Waals surface area contributed by atoms with Gasteiger partial charge in [0, 0.05) is 38.1 Å². The first-order valence-electron chi connectivity index (χ1n) is 7.67. The van der Waals surface area contributed by atoms with Crippen molar-refractivity contribution in [3.8, 4) is 0 Å². The van der Waals surface area contributed by atoms with Gasteiger partial charge in [-0.2, -0.15) is 0 Å². The summed E-state index contributed by atoms with van der Waals surface area (Å²) in [6, 6.07) is 10.6. The molecule has 2 fully saturated rings. The van der Waals surface area contributed by atoms with Crippen LogP contribution in [0.25, 0.3) is 0 Å². The number of hydrazine groups is 1. The third-order valence-corrected chi connectivity index (χ3v) is 4.54. The molecule has 1 N–H and O–H groups in total. The Morgan fingerprint density at radius 1 is 1.19 bits per heavy atom. The van der Waals surface area contributed by atoms with Gasteiger partial charge in [0.15, 0.2) is 0 Å². The monoisotopic (exact) mass is 289 g/mol. The Labute approximate surface area is 125 Å². The Balaban J connectivity index is 1.74. The summed E-state index contributed by atoms with van der Waals surface area (Å²) in [6.07, 6.45) is 1.90. The third-order valence-electron chi connectivity index (χ3n) is 4.54. The van der Waals surface area contributed by atoms with Crippen LogP contribution in [0.4, 0.5) is 4.79 Å². The lowest BCUT2D eigenvalue weighted by atomic mass is 9.86. The average molecular weight is 289 g/mol. The van der Waals surface area contributed by atoms with E-state index in [9.17, 15) is 4.79 Å². The number of hydrogen-bond donors (Lipinski definition) is 1. The van der Waals surface area contributed by atoms with E-state index < -0.39 is 0 Å². The van der Waals surface area contributed by atoms with E-state index >= 15 is 0 Å². The normalized spacial score (nSPS) is 26.9. The number of carbonyl (C=O) groups is 1. The molecule has 5 heteroatoms. The number of rotatable bonds is 3. The lowest BCUT2D eigenvalue weighted by Crippen LogP contribution is -2.58. The molecule has 2 saturated heterocycles. The maximum atomic E-state index is 11.6. The van der Waals surface area contributed by atoms with Gasteiger partial charge in [-0.3, -0.25) is 0 Å². The summed E-state index contributed by atoms with van der Waals surface area (Å²) in [5.41, 5.74) is 1.28.